The molecule has 1 aliphatic heterocycles. The van der Waals surface area contributed by atoms with Crippen LogP contribution in [0, 0.1) is 11.8 Å². The number of aliphatic carboxylic acids is 1. The smallest absolute Gasteiger partial charge is 0.308 e. The van der Waals surface area contributed by atoms with Gasteiger partial charge in [-0.2, -0.15) is 0 Å². The molecule has 298 valence electrons. The number of carboxylic acid groups (broad SMARTS) is 1. The highest BCUT2D eigenvalue weighted by atomic mass is 16.5. The van der Waals surface area contributed by atoms with E-state index in [1.807, 2.05) is 48.8 Å². The van der Waals surface area contributed by atoms with Crippen molar-refractivity contribution >= 4 is 17.8 Å². The van der Waals surface area contributed by atoms with E-state index in [2.05, 4.69) is 72.6 Å². The van der Waals surface area contributed by atoms with Crippen LogP contribution in [0.2, 0.25) is 0 Å². The monoisotopic (exact) mass is 760 g/mol. The Balaban J connectivity index is 1.22. The predicted molar refractivity (Wildman–Crippen MR) is 222 cm³/mol. The molecule has 2 heterocycles. The molecule has 9 heteroatoms. The summed E-state index contributed by atoms with van der Waals surface area (Å²) in [6.07, 6.45) is 15.4. The van der Waals surface area contributed by atoms with Gasteiger partial charge in [0.1, 0.15) is 6.04 Å². The normalized spacial score (nSPS) is 14.5. The van der Waals surface area contributed by atoms with Crippen LogP contribution in [0.15, 0.2) is 85.2 Å². The molecule has 0 radical (unpaired) electrons. The average Bonchev–Trinajstić information content (AvgIpc) is 3.21. The van der Waals surface area contributed by atoms with E-state index in [4.69, 9.17) is 4.74 Å². The van der Waals surface area contributed by atoms with E-state index in [-0.39, 0.29) is 30.2 Å². The molecule has 1 aliphatic rings. The van der Waals surface area contributed by atoms with Gasteiger partial charge in [-0.25, -0.2) is 9.97 Å². The van der Waals surface area contributed by atoms with Crippen molar-refractivity contribution in [2.24, 2.45) is 11.8 Å². The van der Waals surface area contributed by atoms with Gasteiger partial charge in [-0.15, -0.1) is 0 Å². The van der Waals surface area contributed by atoms with Gasteiger partial charge in [-0.05, 0) is 71.4 Å². The summed E-state index contributed by atoms with van der Waals surface area (Å²) in [6, 6.07) is 22.8. The van der Waals surface area contributed by atoms with Crippen molar-refractivity contribution in [1.82, 2.24) is 20.6 Å². The number of aryl methyl sites for hydroxylation is 1. The van der Waals surface area contributed by atoms with Crippen molar-refractivity contribution in [3.05, 3.63) is 107 Å². The summed E-state index contributed by atoms with van der Waals surface area (Å²) in [4.78, 5) is 48.7. The first-order valence-electron chi connectivity index (χ1n) is 20.5. The lowest BCUT2D eigenvalue weighted by molar-refractivity contribution is -0.145. The van der Waals surface area contributed by atoms with Crippen LogP contribution >= 0.6 is 0 Å². The molecule has 0 bridgehead atoms. The number of unbranched alkanes of at least 4 members (excludes halogenated alkanes) is 6. The maximum Gasteiger partial charge on any atom is 0.308 e. The summed E-state index contributed by atoms with van der Waals surface area (Å²) in [7, 11) is 0. The zero-order valence-electron chi connectivity index (χ0n) is 33.7. The van der Waals surface area contributed by atoms with Crippen LogP contribution in [0.5, 0.6) is 0 Å². The van der Waals surface area contributed by atoms with E-state index in [0.717, 1.165) is 34.2 Å². The molecule has 2 amide bonds. The van der Waals surface area contributed by atoms with Gasteiger partial charge in [0.2, 0.25) is 5.91 Å². The van der Waals surface area contributed by atoms with Gasteiger partial charge >= 0.3 is 5.97 Å². The summed E-state index contributed by atoms with van der Waals surface area (Å²) < 4.78 is 5.42. The zero-order valence-corrected chi connectivity index (χ0v) is 33.7. The number of carboxylic acids is 1. The number of carbonyl (C=O) groups is 3. The SMILES string of the molecule is CCCCCCCCCc1ccc(-c2cnc(-c3ccc(C[C@H](NC(=O)c4ccc(C(C)(C)C)cc4)C(=O)NCC(C(=O)O)C4CCOCC4)cc3)nc2)cc1. The highest BCUT2D eigenvalue weighted by Crippen LogP contribution is 2.26. The Morgan fingerprint density at radius 2 is 1.36 bits per heavy atom. The second-order valence-corrected chi connectivity index (χ2v) is 16.3. The Morgan fingerprint density at radius 1 is 0.768 bits per heavy atom. The number of amides is 2. The van der Waals surface area contributed by atoms with Crippen LogP contribution in [0.25, 0.3) is 22.5 Å². The third-order valence-corrected chi connectivity index (χ3v) is 10.9. The maximum atomic E-state index is 13.7. The number of ether oxygens (including phenoxy) is 1. The summed E-state index contributed by atoms with van der Waals surface area (Å²) in [5.41, 5.74) is 6.50. The molecule has 56 heavy (non-hydrogen) atoms. The second kappa shape index (κ2) is 20.9. The lowest BCUT2D eigenvalue weighted by Gasteiger charge is -2.28. The minimum absolute atomic E-state index is 0.0266. The predicted octanol–water partition coefficient (Wildman–Crippen LogP) is 8.99. The number of carbonyl (C=O) groups excluding carboxylic acids is 2. The van der Waals surface area contributed by atoms with Gasteiger partial charge in [0.05, 0.1) is 5.92 Å². The molecule has 5 rings (SSSR count). The lowest BCUT2D eigenvalue weighted by Crippen LogP contribution is -2.50. The van der Waals surface area contributed by atoms with E-state index in [1.54, 1.807) is 12.1 Å². The van der Waals surface area contributed by atoms with E-state index >= 15 is 0 Å². The van der Waals surface area contributed by atoms with E-state index in [1.165, 1.54) is 50.5 Å². The molecule has 9 nitrogen and oxygen atoms in total. The Hall–Kier alpha value is -4.89. The number of nitrogens with one attached hydrogen (secondary N) is 2. The lowest BCUT2D eigenvalue weighted by atomic mass is 9.86. The van der Waals surface area contributed by atoms with Crippen LogP contribution in [0.1, 0.15) is 113 Å². The Morgan fingerprint density at radius 3 is 1.96 bits per heavy atom. The molecule has 1 aromatic heterocycles. The molecule has 0 aliphatic carbocycles. The fraction of sp³-hybridized carbons (Fsp3) is 0.468. The topological polar surface area (TPSA) is 131 Å². The van der Waals surface area contributed by atoms with Crippen LogP contribution in [-0.2, 0) is 32.6 Å². The number of hydrogen-bond acceptors (Lipinski definition) is 6. The molecular weight excluding hydrogens is 701 g/mol. The molecule has 0 saturated carbocycles. The highest BCUT2D eigenvalue weighted by molar-refractivity contribution is 5.97. The van der Waals surface area contributed by atoms with Crippen molar-refractivity contribution in [3.63, 3.8) is 0 Å². The number of benzene rings is 3. The van der Waals surface area contributed by atoms with Crippen molar-refractivity contribution in [2.45, 2.75) is 110 Å². The largest absolute Gasteiger partial charge is 0.481 e. The number of aromatic nitrogens is 2. The molecule has 1 fully saturated rings. The summed E-state index contributed by atoms with van der Waals surface area (Å²) in [6.45, 7) is 9.57. The van der Waals surface area contributed by atoms with Crippen molar-refractivity contribution < 1.29 is 24.2 Å². The first-order chi connectivity index (χ1) is 27.0. The fourth-order valence-electron chi connectivity index (χ4n) is 7.28. The zero-order chi connectivity index (χ0) is 39.9. The van der Waals surface area contributed by atoms with Crippen LogP contribution in [0.3, 0.4) is 0 Å². The van der Waals surface area contributed by atoms with Gasteiger partial charge in [0.25, 0.3) is 5.91 Å². The van der Waals surface area contributed by atoms with E-state index in [0.29, 0.717) is 37.4 Å². The van der Waals surface area contributed by atoms with Crippen molar-refractivity contribution in [2.75, 3.05) is 19.8 Å². The Bertz CT molecular complexity index is 1830. The van der Waals surface area contributed by atoms with Gasteiger partial charge in [0, 0.05) is 55.3 Å². The summed E-state index contributed by atoms with van der Waals surface area (Å²) >= 11 is 0. The third kappa shape index (κ3) is 12.6. The van der Waals surface area contributed by atoms with Gasteiger partial charge in [-0.3, -0.25) is 14.4 Å². The molecule has 3 N–H and O–H groups in total. The molecule has 1 saturated heterocycles. The second-order valence-electron chi connectivity index (χ2n) is 16.3. The van der Waals surface area contributed by atoms with E-state index in [9.17, 15) is 19.5 Å². The first kappa shape index (κ1) is 42.3. The van der Waals surface area contributed by atoms with Gasteiger partial charge in [0.15, 0.2) is 5.82 Å². The standard InChI is InChI=1S/C47H60N4O5/c1-5-6-7-8-9-10-11-12-33-13-17-35(18-14-33)39-30-48-43(49-31-39)37-19-15-34(16-20-37)29-42(51-44(52)38-21-23-40(24-22-38)47(2,3)4)45(53)50-32-41(46(54)55)36-25-27-56-28-26-36/h13-24,30-31,36,41-42H,5-12,25-29,32H2,1-4H3,(H,50,53)(H,51,52)(H,54,55)/t41?,42-/m0/s1. The summed E-state index contributed by atoms with van der Waals surface area (Å²) in [5.74, 6) is -2.01. The van der Waals surface area contributed by atoms with Crippen LogP contribution < -0.4 is 10.6 Å². The van der Waals surface area contributed by atoms with E-state index < -0.39 is 23.8 Å². The van der Waals surface area contributed by atoms with Crippen LogP contribution in [-0.4, -0.2) is 58.7 Å². The maximum absolute atomic E-state index is 13.7. The molecule has 0 spiro atoms. The summed E-state index contributed by atoms with van der Waals surface area (Å²) in [5, 5.41) is 15.7. The third-order valence-electron chi connectivity index (χ3n) is 10.9. The molecular formula is C47H60N4O5. The molecule has 1 unspecified atom stereocenters. The number of nitrogens with zero attached hydrogens (tertiary/aromatic N) is 2. The molecule has 3 aromatic carbocycles. The van der Waals surface area contributed by atoms with Crippen LogP contribution in [0.4, 0.5) is 0 Å². The molecule has 2 atom stereocenters. The fourth-order valence-corrected chi connectivity index (χ4v) is 7.28. The quantitative estimate of drug-likeness (QED) is 0.0814. The van der Waals surface area contributed by atoms with Crippen molar-refractivity contribution in [3.8, 4) is 22.5 Å². The Labute approximate surface area is 333 Å². The van der Waals surface area contributed by atoms with Gasteiger partial charge in [-0.1, -0.05) is 127 Å². The highest BCUT2D eigenvalue weighted by Gasteiger charge is 2.31. The number of hydrogen-bond donors (Lipinski definition) is 3. The van der Waals surface area contributed by atoms with Gasteiger partial charge < -0.3 is 20.5 Å². The minimum Gasteiger partial charge on any atom is -0.481 e. The van der Waals surface area contributed by atoms with Crippen molar-refractivity contribution in [1.29, 1.82) is 0 Å². The number of rotatable bonds is 19. The Kier molecular flexibility index (Phi) is 15.7. The minimum atomic E-state index is -0.949. The average molecular weight is 761 g/mol. The first-order valence-corrected chi connectivity index (χ1v) is 20.5. The molecule has 4 aromatic rings.